The van der Waals surface area contributed by atoms with E-state index in [1.807, 2.05) is 0 Å². The lowest BCUT2D eigenvalue weighted by atomic mass is 9.99. The summed E-state index contributed by atoms with van der Waals surface area (Å²) in [6, 6.07) is 1.28. The zero-order valence-electron chi connectivity index (χ0n) is 11.9. The molecular weight excluding hydrogens is 332 g/mol. The number of sulfonamides is 1. The van der Waals surface area contributed by atoms with Crippen molar-refractivity contribution in [2.75, 3.05) is 0 Å². The molecule has 2 aromatic heterocycles. The van der Waals surface area contributed by atoms with Crippen LogP contribution < -0.4 is 10.9 Å². The van der Waals surface area contributed by atoms with Gasteiger partial charge in [-0.1, -0.05) is 18.0 Å². The minimum atomic E-state index is -3.85. The number of aryl methyl sites for hydroxylation is 1. The number of aromatic nitrogens is 2. The highest BCUT2D eigenvalue weighted by atomic mass is 35.5. The summed E-state index contributed by atoms with van der Waals surface area (Å²) in [6.45, 7) is 1.50. The standard InChI is InChI=1S/C12H16N4O4S.ClH/c1-7-9(21(14,17)18)6-8(19-7)10-15-11(16-20-10)12(13)4-2-3-5-12;/h6H,2-5,13H2,1H3,(H2,14,17,18);1H. The summed E-state index contributed by atoms with van der Waals surface area (Å²) in [4.78, 5) is 4.14. The molecular formula is C12H17ClN4O4S. The van der Waals surface area contributed by atoms with Crippen molar-refractivity contribution in [1.29, 1.82) is 0 Å². The van der Waals surface area contributed by atoms with Crippen LogP contribution in [-0.2, 0) is 15.6 Å². The number of furan rings is 1. The Labute approximate surface area is 133 Å². The lowest BCUT2D eigenvalue weighted by Crippen LogP contribution is -2.34. The van der Waals surface area contributed by atoms with E-state index in [1.54, 1.807) is 0 Å². The largest absolute Gasteiger partial charge is 0.455 e. The summed E-state index contributed by atoms with van der Waals surface area (Å²) in [6.07, 6.45) is 3.64. The molecule has 0 aromatic carbocycles. The zero-order chi connectivity index (χ0) is 15.3. The predicted molar refractivity (Wildman–Crippen MR) is 79.7 cm³/mol. The van der Waals surface area contributed by atoms with Gasteiger partial charge in [0.1, 0.15) is 10.7 Å². The third-order valence-electron chi connectivity index (χ3n) is 3.76. The van der Waals surface area contributed by atoms with E-state index in [2.05, 4.69) is 10.1 Å². The summed E-state index contributed by atoms with van der Waals surface area (Å²) in [7, 11) is -3.85. The van der Waals surface area contributed by atoms with Crippen LogP contribution in [0.1, 0.15) is 37.3 Å². The Hall–Kier alpha value is -1.42. The number of hydrogen-bond donors (Lipinski definition) is 2. The molecule has 2 aromatic rings. The summed E-state index contributed by atoms with van der Waals surface area (Å²) in [5, 5.41) is 9.00. The summed E-state index contributed by atoms with van der Waals surface area (Å²) in [5.41, 5.74) is 5.67. The fourth-order valence-corrected chi connectivity index (χ4v) is 3.32. The number of nitrogens with zero attached hydrogens (tertiary/aromatic N) is 2. The number of halogens is 1. The first-order valence-corrected chi connectivity index (χ1v) is 8.11. The smallest absolute Gasteiger partial charge is 0.293 e. The van der Waals surface area contributed by atoms with Gasteiger partial charge in [-0.2, -0.15) is 4.98 Å². The summed E-state index contributed by atoms with van der Waals surface area (Å²) < 4.78 is 33.3. The van der Waals surface area contributed by atoms with E-state index in [4.69, 9.17) is 19.8 Å². The highest BCUT2D eigenvalue weighted by Gasteiger charge is 2.36. The third kappa shape index (κ3) is 2.89. The average molecular weight is 349 g/mol. The molecule has 3 rings (SSSR count). The number of hydrogen-bond acceptors (Lipinski definition) is 7. The van der Waals surface area contributed by atoms with E-state index in [-0.39, 0.29) is 34.7 Å². The molecule has 1 aliphatic rings. The molecule has 0 saturated heterocycles. The quantitative estimate of drug-likeness (QED) is 0.855. The van der Waals surface area contributed by atoms with Gasteiger partial charge < -0.3 is 14.7 Å². The normalized spacial score (nSPS) is 17.4. The lowest BCUT2D eigenvalue weighted by molar-refractivity contribution is 0.367. The van der Waals surface area contributed by atoms with Gasteiger partial charge in [-0.05, 0) is 19.8 Å². The molecule has 0 bridgehead atoms. The first kappa shape index (κ1) is 16.9. The highest BCUT2D eigenvalue weighted by Crippen LogP contribution is 2.36. The first-order chi connectivity index (χ1) is 9.79. The molecule has 0 radical (unpaired) electrons. The van der Waals surface area contributed by atoms with Crippen LogP contribution in [0.4, 0.5) is 0 Å². The van der Waals surface area contributed by atoms with Crippen molar-refractivity contribution < 1.29 is 17.4 Å². The van der Waals surface area contributed by atoms with E-state index in [0.717, 1.165) is 25.7 Å². The molecule has 8 nitrogen and oxygen atoms in total. The van der Waals surface area contributed by atoms with E-state index < -0.39 is 15.6 Å². The summed E-state index contributed by atoms with van der Waals surface area (Å²) >= 11 is 0. The van der Waals surface area contributed by atoms with Crippen LogP contribution in [0, 0.1) is 6.92 Å². The highest BCUT2D eigenvalue weighted by molar-refractivity contribution is 7.89. The SMILES string of the molecule is Cc1oc(-c2nc(C3(N)CCCC3)no2)cc1S(N)(=O)=O.Cl. The van der Waals surface area contributed by atoms with Crippen molar-refractivity contribution >= 4 is 22.4 Å². The Kier molecular flexibility index (Phi) is 4.35. The van der Waals surface area contributed by atoms with Gasteiger partial charge in [0.25, 0.3) is 5.89 Å². The number of rotatable bonds is 3. The number of primary sulfonamides is 1. The van der Waals surface area contributed by atoms with Crippen molar-refractivity contribution in [1.82, 2.24) is 10.1 Å². The second-order valence-corrected chi connectivity index (χ2v) is 6.89. The maximum atomic E-state index is 11.4. The van der Waals surface area contributed by atoms with Crippen molar-refractivity contribution in [3.05, 3.63) is 17.7 Å². The zero-order valence-corrected chi connectivity index (χ0v) is 13.5. The molecule has 0 spiro atoms. The van der Waals surface area contributed by atoms with Crippen LogP contribution in [0.25, 0.3) is 11.7 Å². The van der Waals surface area contributed by atoms with E-state index in [9.17, 15) is 8.42 Å². The van der Waals surface area contributed by atoms with Gasteiger partial charge in [-0.15, -0.1) is 12.4 Å². The third-order valence-corrected chi connectivity index (χ3v) is 4.78. The van der Waals surface area contributed by atoms with Crippen molar-refractivity contribution in [3.63, 3.8) is 0 Å². The molecule has 0 unspecified atom stereocenters. The molecule has 22 heavy (non-hydrogen) atoms. The Morgan fingerprint density at radius 1 is 1.32 bits per heavy atom. The molecule has 0 atom stereocenters. The maximum Gasteiger partial charge on any atom is 0.293 e. The molecule has 0 amide bonds. The van der Waals surface area contributed by atoms with Crippen LogP contribution in [0.3, 0.4) is 0 Å². The van der Waals surface area contributed by atoms with Crippen LogP contribution in [0.15, 0.2) is 19.9 Å². The topological polar surface area (TPSA) is 138 Å². The molecule has 2 heterocycles. The van der Waals surface area contributed by atoms with Gasteiger partial charge in [0.2, 0.25) is 10.0 Å². The van der Waals surface area contributed by atoms with E-state index in [0.29, 0.717) is 5.82 Å². The monoisotopic (exact) mass is 348 g/mol. The Balaban J connectivity index is 0.00000176. The minimum absolute atomic E-state index is 0. The fourth-order valence-electron chi connectivity index (χ4n) is 2.61. The van der Waals surface area contributed by atoms with Gasteiger partial charge in [-0.3, -0.25) is 0 Å². The molecule has 1 aliphatic carbocycles. The van der Waals surface area contributed by atoms with Crippen LogP contribution in [-0.4, -0.2) is 18.6 Å². The molecule has 122 valence electrons. The molecule has 1 saturated carbocycles. The molecule has 0 aliphatic heterocycles. The Bertz CT molecular complexity index is 777. The second-order valence-electron chi connectivity index (χ2n) is 5.36. The van der Waals surface area contributed by atoms with Gasteiger partial charge in [-0.25, -0.2) is 13.6 Å². The van der Waals surface area contributed by atoms with Crippen LogP contribution in [0.2, 0.25) is 0 Å². The first-order valence-electron chi connectivity index (χ1n) is 6.56. The summed E-state index contributed by atoms with van der Waals surface area (Å²) in [5.74, 6) is 0.855. The maximum absolute atomic E-state index is 11.4. The van der Waals surface area contributed by atoms with Crippen LogP contribution >= 0.6 is 12.4 Å². The lowest BCUT2D eigenvalue weighted by Gasteiger charge is -2.17. The number of nitrogens with two attached hydrogens (primary N) is 2. The van der Waals surface area contributed by atoms with Crippen LogP contribution in [0.5, 0.6) is 0 Å². The van der Waals surface area contributed by atoms with Gasteiger partial charge in [0, 0.05) is 6.07 Å². The van der Waals surface area contributed by atoms with Gasteiger partial charge in [0.15, 0.2) is 11.6 Å². The van der Waals surface area contributed by atoms with E-state index >= 15 is 0 Å². The minimum Gasteiger partial charge on any atom is -0.455 e. The molecule has 1 fully saturated rings. The van der Waals surface area contributed by atoms with Gasteiger partial charge >= 0.3 is 0 Å². The van der Waals surface area contributed by atoms with E-state index in [1.165, 1.54) is 13.0 Å². The van der Waals surface area contributed by atoms with Gasteiger partial charge in [0.05, 0.1) is 5.54 Å². The predicted octanol–water partition coefficient (Wildman–Crippen LogP) is 1.44. The molecule has 4 N–H and O–H groups in total. The Morgan fingerprint density at radius 3 is 2.50 bits per heavy atom. The fraction of sp³-hybridized carbons (Fsp3) is 0.500. The van der Waals surface area contributed by atoms with Crippen molar-refractivity contribution in [2.24, 2.45) is 10.9 Å². The van der Waals surface area contributed by atoms with Crippen molar-refractivity contribution in [3.8, 4) is 11.7 Å². The molecule has 10 heteroatoms. The second kappa shape index (κ2) is 5.65. The van der Waals surface area contributed by atoms with Crippen molar-refractivity contribution in [2.45, 2.75) is 43.0 Å². The average Bonchev–Trinajstić information content (AvgIpc) is 3.05. The Morgan fingerprint density at radius 2 is 1.95 bits per heavy atom.